The van der Waals surface area contributed by atoms with Crippen molar-refractivity contribution < 1.29 is 89.9 Å². The molecule has 0 N–H and O–H groups in total. The van der Waals surface area contributed by atoms with E-state index in [1.165, 1.54) is 24.3 Å². The van der Waals surface area contributed by atoms with Crippen molar-refractivity contribution in [1.82, 2.24) is 0 Å². The van der Waals surface area contributed by atoms with Crippen LogP contribution in [-0.4, -0.2) is 31.7 Å². The largest absolute Gasteiger partial charge is 1.00 e. The summed E-state index contributed by atoms with van der Waals surface area (Å²) in [6, 6.07) is 8.71. The molecule has 0 aliphatic carbocycles. The summed E-state index contributed by atoms with van der Waals surface area (Å²) >= 11 is 0. The van der Waals surface area contributed by atoms with Crippen molar-refractivity contribution in [2.45, 2.75) is 9.79 Å². The van der Waals surface area contributed by atoms with E-state index in [0.29, 0.717) is 0 Å². The number of ketones is 1. The number of rotatable bonds is 4. The Morgan fingerprint density at radius 2 is 0.875 bits per heavy atom. The van der Waals surface area contributed by atoms with Gasteiger partial charge in [-0.15, -0.1) is 0 Å². The van der Waals surface area contributed by atoms with Crippen LogP contribution < -0.4 is 59.1 Å². The Bertz CT molecular complexity index is 842. The number of carbonyl (C=O) groups excluding carboxylic acids is 1. The van der Waals surface area contributed by atoms with E-state index in [1.54, 1.807) is 0 Å². The minimum atomic E-state index is -4.59. The maximum Gasteiger partial charge on any atom is 1.00 e. The van der Waals surface area contributed by atoms with Gasteiger partial charge in [0.15, 0.2) is 5.78 Å². The van der Waals surface area contributed by atoms with Crippen molar-refractivity contribution in [3.63, 3.8) is 0 Å². The molecule has 24 heavy (non-hydrogen) atoms. The summed E-state index contributed by atoms with van der Waals surface area (Å²) in [5.41, 5.74) is 0.232. The molecule has 0 heterocycles. The number of hydrogen-bond donors (Lipinski definition) is 0. The van der Waals surface area contributed by atoms with Gasteiger partial charge >= 0.3 is 59.1 Å². The zero-order valence-corrected chi connectivity index (χ0v) is 18.4. The minimum absolute atomic E-state index is 0. The maximum atomic E-state index is 12.1. The standard InChI is InChI=1S/C13H10O7S2.2Na/c14-13(9-1-5-11(6-2-9)21(15,16)17)10-3-7-12(8-4-10)22(18,19)20;;/h1-8H,(H,15,16,17)(H,18,19,20);;/q;2*+1/p-2. The molecule has 2 aromatic rings. The van der Waals surface area contributed by atoms with Crippen molar-refractivity contribution in [2.75, 3.05) is 0 Å². The van der Waals surface area contributed by atoms with E-state index in [2.05, 4.69) is 0 Å². The van der Waals surface area contributed by atoms with E-state index in [-0.39, 0.29) is 70.2 Å². The summed E-state index contributed by atoms with van der Waals surface area (Å²) < 4.78 is 64.7. The molecule has 0 saturated carbocycles. The van der Waals surface area contributed by atoms with Gasteiger partial charge in [-0.1, -0.05) is 0 Å². The fourth-order valence-corrected chi connectivity index (χ4v) is 2.65. The van der Waals surface area contributed by atoms with Gasteiger partial charge < -0.3 is 9.11 Å². The van der Waals surface area contributed by atoms with Gasteiger partial charge in [-0.05, 0) is 48.5 Å². The summed E-state index contributed by atoms with van der Waals surface area (Å²) in [4.78, 5) is 11.2. The molecule has 11 heteroatoms. The van der Waals surface area contributed by atoms with Crippen LogP contribution in [0.5, 0.6) is 0 Å². The molecule has 0 aliphatic heterocycles. The van der Waals surface area contributed by atoms with E-state index in [0.717, 1.165) is 24.3 Å². The number of carbonyl (C=O) groups is 1. The summed E-state index contributed by atoms with van der Waals surface area (Å²) in [7, 11) is -9.19. The third-order valence-electron chi connectivity index (χ3n) is 2.81. The Labute approximate surface area is 183 Å². The first-order chi connectivity index (χ1) is 10.1. The molecule has 0 atom stereocenters. The Morgan fingerprint density at radius 1 is 0.625 bits per heavy atom. The second kappa shape index (κ2) is 9.04. The number of hydrogen-bond acceptors (Lipinski definition) is 7. The van der Waals surface area contributed by atoms with Gasteiger partial charge in [0, 0.05) is 11.1 Å². The van der Waals surface area contributed by atoms with E-state index in [4.69, 9.17) is 0 Å². The third-order valence-corrected chi connectivity index (χ3v) is 4.51. The maximum absolute atomic E-state index is 12.1. The van der Waals surface area contributed by atoms with Gasteiger partial charge in [-0.2, -0.15) is 0 Å². The predicted molar refractivity (Wildman–Crippen MR) is 72.2 cm³/mol. The second-order valence-corrected chi connectivity index (χ2v) is 7.05. The van der Waals surface area contributed by atoms with Crippen molar-refractivity contribution in [2.24, 2.45) is 0 Å². The fraction of sp³-hybridized carbons (Fsp3) is 0. The van der Waals surface area contributed by atoms with Gasteiger partial charge in [-0.25, -0.2) is 16.8 Å². The molecule has 0 radical (unpaired) electrons. The Hall–Kier alpha value is -0.0700. The minimum Gasteiger partial charge on any atom is -0.744 e. The Morgan fingerprint density at radius 3 is 1.08 bits per heavy atom. The molecule has 0 unspecified atom stereocenters. The summed E-state index contributed by atoms with van der Waals surface area (Å²) in [6.45, 7) is 0. The van der Waals surface area contributed by atoms with Crippen LogP contribution in [0.2, 0.25) is 0 Å². The summed E-state index contributed by atoms with van der Waals surface area (Å²) in [5, 5.41) is 0. The van der Waals surface area contributed by atoms with Gasteiger partial charge in [-0.3, -0.25) is 4.79 Å². The molecule has 0 amide bonds. The molecule has 0 bridgehead atoms. The molecular weight excluding hydrogens is 378 g/mol. The average Bonchev–Trinajstić information content (AvgIpc) is 2.45. The van der Waals surface area contributed by atoms with Gasteiger partial charge in [0.05, 0.1) is 9.79 Å². The molecule has 0 aromatic heterocycles. The molecule has 0 fully saturated rings. The first kappa shape index (κ1) is 23.9. The molecule has 7 nitrogen and oxygen atoms in total. The average molecular weight is 386 g/mol. The monoisotopic (exact) mass is 386 g/mol. The summed E-state index contributed by atoms with van der Waals surface area (Å²) in [5.74, 6) is -0.510. The SMILES string of the molecule is O=C(c1ccc(S(=O)(=O)[O-])cc1)c1ccc(S(=O)(=O)[O-])cc1.[Na+].[Na+]. The predicted octanol–water partition coefficient (Wildman–Crippen LogP) is -5.27. The van der Waals surface area contributed by atoms with Crippen molar-refractivity contribution in [3.05, 3.63) is 59.7 Å². The molecule has 0 saturated heterocycles. The van der Waals surface area contributed by atoms with Crippen LogP contribution in [0.15, 0.2) is 58.3 Å². The quantitative estimate of drug-likeness (QED) is 0.291. The molecule has 2 rings (SSSR count). The molecule has 116 valence electrons. The van der Waals surface area contributed by atoms with E-state index in [9.17, 15) is 30.7 Å². The normalized spacial score (nSPS) is 11.1. The van der Waals surface area contributed by atoms with Crippen LogP contribution in [0, 0.1) is 0 Å². The third kappa shape index (κ3) is 6.03. The van der Waals surface area contributed by atoms with Crippen LogP contribution in [0.25, 0.3) is 0 Å². The van der Waals surface area contributed by atoms with Gasteiger partial charge in [0.2, 0.25) is 0 Å². The molecule has 0 aliphatic rings. The van der Waals surface area contributed by atoms with Crippen LogP contribution >= 0.6 is 0 Å². The van der Waals surface area contributed by atoms with Crippen molar-refractivity contribution in [3.8, 4) is 0 Å². The van der Waals surface area contributed by atoms with Gasteiger partial charge in [0.25, 0.3) is 0 Å². The molecular formula is C13H8Na2O7S2. The zero-order chi connectivity index (χ0) is 16.5. The fourth-order valence-electron chi connectivity index (χ4n) is 1.71. The van der Waals surface area contributed by atoms with Crippen LogP contribution in [0.1, 0.15) is 15.9 Å². The topological polar surface area (TPSA) is 131 Å². The number of benzene rings is 2. The second-order valence-electron chi connectivity index (χ2n) is 4.29. The molecule has 2 aromatic carbocycles. The van der Waals surface area contributed by atoms with Crippen LogP contribution in [-0.2, 0) is 20.2 Å². The molecule has 0 spiro atoms. The van der Waals surface area contributed by atoms with Crippen LogP contribution in [0.4, 0.5) is 0 Å². The van der Waals surface area contributed by atoms with Crippen molar-refractivity contribution >= 4 is 26.0 Å². The van der Waals surface area contributed by atoms with Gasteiger partial charge in [0.1, 0.15) is 20.2 Å². The van der Waals surface area contributed by atoms with E-state index in [1.807, 2.05) is 0 Å². The van der Waals surface area contributed by atoms with Crippen LogP contribution in [0.3, 0.4) is 0 Å². The zero-order valence-electron chi connectivity index (χ0n) is 12.8. The Balaban J connectivity index is 0.00000264. The Kier molecular flexibility index (Phi) is 9.01. The van der Waals surface area contributed by atoms with E-state index >= 15 is 0 Å². The first-order valence-electron chi connectivity index (χ1n) is 5.76. The smallest absolute Gasteiger partial charge is 0.744 e. The van der Waals surface area contributed by atoms with E-state index < -0.39 is 35.8 Å². The first-order valence-corrected chi connectivity index (χ1v) is 8.57. The summed E-state index contributed by atoms with van der Waals surface area (Å²) in [6.07, 6.45) is 0. The van der Waals surface area contributed by atoms with Crippen molar-refractivity contribution in [1.29, 1.82) is 0 Å².